The first-order valence-electron chi connectivity index (χ1n) is 8.49. The van der Waals surface area contributed by atoms with Gasteiger partial charge in [0.1, 0.15) is 10.5 Å². The molecular weight excluding hydrogens is 360 g/mol. The Morgan fingerprint density at radius 2 is 1.56 bits per heavy atom. The lowest BCUT2D eigenvalue weighted by Crippen LogP contribution is -2.27. The zero-order valence-corrected chi connectivity index (χ0v) is 16.2. The van der Waals surface area contributed by atoms with Crippen LogP contribution in [0.4, 0.5) is 9.93 Å². The van der Waals surface area contributed by atoms with Gasteiger partial charge in [-0.1, -0.05) is 72.0 Å². The molecule has 1 aromatic heterocycles. The van der Waals surface area contributed by atoms with Crippen molar-refractivity contribution in [2.75, 3.05) is 5.32 Å². The number of ether oxygens (including phenoxy) is 1. The summed E-state index contributed by atoms with van der Waals surface area (Å²) in [4.78, 5) is 30.0. The van der Waals surface area contributed by atoms with Gasteiger partial charge in [0.2, 0.25) is 5.78 Å². The predicted molar refractivity (Wildman–Crippen MR) is 107 cm³/mol. The number of nitrogens with zero attached hydrogens (tertiary/aromatic N) is 1. The Bertz CT molecular complexity index is 945. The predicted octanol–water partition coefficient (Wildman–Crippen LogP) is 5.39. The average molecular weight is 380 g/mol. The summed E-state index contributed by atoms with van der Waals surface area (Å²) in [6.07, 6.45) is -0.602. The Kier molecular flexibility index (Phi) is 5.37. The first-order valence-corrected chi connectivity index (χ1v) is 9.31. The number of hydrogen-bond acceptors (Lipinski definition) is 5. The van der Waals surface area contributed by atoms with Gasteiger partial charge < -0.3 is 4.74 Å². The van der Waals surface area contributed by atoms with Gasteiger partial charge in [-0.25, -0.2) is 9.78 Å². The van der Waals surface area contributed by atoms with E-state index in [-0.39, 0.29) is 5.78 Å². The quantitative estimate of drug-likeness (QED) is 0.616. The molecule has 0 unspecified atom stereocenters. The van der Waals surface area contributed by atoms with Gasteiger partial charge in [0, 0.05) is 11.1 Å². The van der Waals surface area contributed by atoms with Crippen molar-refractivity contribution in [3.05, 3.63) is 71.1 Å². The number of amides is 1. The number of carbonyl (C=O) groups is 2. The maximum absolute atomic E-state index is 13.0. The van der Waals surface area contributed by atoms with E-state index in [2.05, 4.69) is 10.3 Å². The fourth-order valence-electron chi connectivity index (χ4n) is 2.43. The van der Waals surface area contributed by atoms with Crippen LogP contribution < -0.4 is 5.32 Å². The van der Waals surface area contributed by atoms with E-state index in [1.165, 1.54) is 0 Å². The molecule has 0 bridgehead atoms. The molecule has 138 valence electrons. The van der Waals surface area contributed by atoms with Gasteiger partial charge >= 0.3 is 6.09 Å². The van der Waals surface area contributed by atoms with E-state index in [0.29, 0.717) is 21.3 Å². The first-order chi connectivity index (χ1) is 12.8. The van der Waals surface area contributed by atoms with E-state index in [1.54, 1.807) is 32.9 Å². The minimum Gasteiger partial charge on any atom is -0.444 e. The maximum atomic E-state index is 13.0. The highest BCUT2D eigenvalue weighted by Gasteiger charge is 2.23. The Morgan fingerprint density at radius 1 is 0.963 bits per heavy atom. The molecule has 1 N–H and O–H groups in total. The first kappa shape index (κ1) is 18.8. The van der Waals surface area contributed by atoms with E-state index in [0.717, 1.165) is 16.9 Å². The van der Waals surface area contributed by atoms with Crippen LogP contribution in [0.5, 0.6) is 0 Å². The van der Waals surface area contributed by atoms with Gasteiger partial charge in [-0.15, -0.1) is 0 Å². The van der Waals surface area contributed by atoms with Gasteiger partial charge in [0.05, 0.1) is 5.69 Å². The third kappa shape index (κ3) is 4.80. The van der Waals surface area contributed by atoms with E-state index in [1.807, 2.05) is 48.5 Å². The molecule has 5 nitrogen and oxygen atoms in total. The fraction of sp³-hybridized carbons (Fsp3) is 0.190. The topological polar surface area (TPSA) is 68.3 Å². The zero-order valence-electron chi connectivity index (χ0n) is 15.4. The molecule has 3 rings (SSSR count). The smallest absolute Gasteiger partial charge is 0.413 e. The molecule has 0 aliphatic heterocycles. The van der Waals surface area contributed by atoms with E-state index in [4.69, 9.17) is 4.74 Å². The maximum Gasteiger partial charge on any atom is 0.413 e. The summed E-state index contributed by atoms with van der Waals surface area (Å²) in [6, 6.07) is 18.4. The minimum absolute atomic E-state index is 0.135. The molecule has 27 heavy (non-hydrogen) atoms. The lowest BCUT2D eigenvalue weighted by Gasteiger charge is -2.18. The van der Waals surface area contributed by atoms with Crippen LogP contribution in [0.3, 0.4) is 0 Å². The monoisotopic (exact) mass is 380 g/mol. The molecule has 0 saturated heterocycles. The fourth-order valence-corrected chi connectivity index (χ4v) is 3.37. The van der Waals surface area contributed by atoms with Crippen LogP contribution in [0.2, 0.25) is 0 Å². The number of nitrogens with one attached hydrogen (secondary N) is 1. The third-order valence-corrected chi connectivity index (χ3v) is 4.49. The second kappa shape index (κ2) is 7.72. The Balaban J connectivity index is 1.97. The van der Waals surface area contributed by atoms with Crippen LogP contribution in [-0.2, 0) is 4.74 Å². The van der Waals surface area contributed by atoms with E-state index < -0.39 is 11.7 Å². The molecule has 0 atom stereocenters. The summed E-state index contributed by atoms with van der Waals surface area (Å²) in [6.45, 7) is 5.36. The van der Waals surface area contributed by atoms with Crippen molar-refractivity contribution in [2.24, 2.45) is 0 Å². The lowest BCUT2D eigenvalue weighted by molar-refractivity contribution is 0.0635. The molecule has 6 heteroatoms. The molecule has 0 aliphatic rings. The van der Waals surface area contributed by atoms with Crippen molar-refractivity contribution in [3.63, 3.8) is 0 Å². The van der Waals surface area contributed by atoms with Crippen LogP contribution in [0.1, 0.15) is 36.0 Å². The SMILES string of the molecule is CC(C)(C)OC(=O)Nc1nc(-c2ccccc2)c(C(=O)c2ccccc2)s1. The zero-order chi connectivity index (χ0) is 19.4. The molecule has 0 saturated carbocycles. The summed E-state index contributed by atoms with van der Waals surface area (Å²) < 4.78 is 5.27. The van der Waals surface area contributed by atoms with E-state index >= 15 is 0 Å². The van der Waals surface area contributed by atoms with Crippen molar-refractivity contribution >= 4 is 28.3 Å². The van der Waals surface area contributed by atoms with Crippen molar-refractivity contribution in [1.29, 1.82) is 0 Å². The number of benzene rings is 2. The molecular formula is C21H20N2O3S. The third-order valence-electron chi connectivity index (χ3n) is 3.52. The Labute approximate surface area is 162 Å². The normalized spacial score (nSPS) is 11.1. The molecule has 1 amide bonds. The molecule has 2 aromatic carbocycles. The average Bonchev–Trinajstić information content (AvgIpc) is 3.04. The number of thiazole rings is 1. The molecule has 0 spiro atoms. The van der Waals surface area contributed by atoms with Crippen molar-refractivity contribution in [3.8, 4) is 11.3 Å². The summed E-state index contributed by atoms with van der Waals surface area (Å²) in [5.41, 5.74) is 1.31. The van der Waals surface area contributed by atoms with Crippen molar-refractivity contribution < 1.29 is 14.3 Å². The molecule has 3 aromatic rings. The van der Waals surface area contributed by atoms with Crippen molar-refractivity contribution in [2.45, 2.75) is 26.4 Å². The lowest BCUT2D eigenvalue weighted by atomic mass is 10.1. The van der Waals surface area contributed by atoms with Crippen molar-refractivity contribution in [1.82, 2.24) is 4.98 Å². The van der Waals surface area contributed by atoms with Gasteiger partial charge in [0.15, 0.2) is 5.13 Å². The minimum atomic E-state index is -0.619. The largest absolute Gasteiger partial charge is 0.444 e. The van der Waals surface area contributed by atoms with Crippen LogP contribution >= 0.6 is 11.3 Å². The highest BCUT2D eigenvalue weighted by atomic mass is 32.1. The van der Waals surface area contributed by atoms with Gasteiger partial charge in [-0.05, 0) is 20.8 Å². The second-order valence-corrected chi connectivity index (χ2v) is 7.88. The van der Waals surface area contributed by atoms with Gasteiger partial charge in [-0.2, -0.15) is 0 Å². The number of rotatable bonds is 4. The summed E-state index contributed by atoms with van der Waals surface area (Å²) in [7, 11) is 0. The van der Waals surface area contributed by atoms with Crippen LogP contribution in [0.25, 0.3) is 11.3 Å². The number of ketones is 1. The molecule has 0 radical (unpaired) electrons. The highest BCUT2D eigenvalue weighted by Crippen LogP contribution is 2.33. The molecule has 0 aliphatic carbocycles. The number of hydrogen-bond donors (Lipinski definition) is 1. The standard InChI is InChI=1S/C21H20N2O3S/c1-21(2,3)26-20(25)23-19-22-16(14-10-6-4-7-11-14)18(27-19)17(24)15-12-8-5-9-13-15/h4-13H,1-3H3,(H,22,23,25). The van der Waals surface area contributed by atoms with Gasteiger partial charge in [0.25, 0.3) is 0 Å². The van der Waals surface area contributed by atoms with Crippen LogP contribution in [0.15, 0.2) is 60.7 Å². The number of anilines is 1. The Hall–Kier alpha value is -2.99. The van der Waals surface area contributed by atoms with Crippen LogP contribution in [-0.4, -0.2) is 22.5 Å². The summed E-state index contributed by atoms with van der Waals surface area (Å²) in [5.74, 6) is -0.135. The summed E-state index contributed by atoms with van der Waals surface area (Å²) in [5, 5.41) is 2.95. The number of aromatic nitrogens is 1. The summed E-state index contributed by atoms with van der Waals surface area (Å²) >= 11 is 1.14. The van der Waals surface area contributed by atoms with Gasteiger partial charge in [-0.3, -0.25) is 10.1 Å². The molecule has 0 fully saturated rings. The molecule has 1 heterocycles. The second-order valence-electron chi connectivity index (χ2n) is 6.88. The number of carbonyl (C=O) groups excluding carboxylic acids is 2. The highest BCUT2D eigenvalue weighted by molar-refractivity contribution is 7.18. The van der Waals surface area contributed by atoms with Crippen LogP contribution in [0, 0.1) is 0 Å². The Morgan fingerprint density at radius 3 is 2.15 bits per heavy atom. The van der Waals surface area contributed by atoms with E-state index in [9.17, 15) is 9.59 Å².